The SMILES string of the molecule is CC[C@@]1(C(=O)O)C[C@]1(C(=O)O)c1c(N)c(C#N)c(C)c(-c2ccccc2)c1F. The van der Waals surface area contributed by atoms with E-state index in [1.165, 1.54) is 6.92 Å². The van der Waals surface area contributed by atoms with E-state index < -0.39 is 34.1 Å². The molecule has 4 N–H and O–H groups in total. The van der Waals surface area contributed by atoms with Gasteiger partial charge in [0.25, 0.3) is 0 Å². The van der Waals surface area contributed by atoms with E-state index in [4.69, 9.17) is 5.73 Å². The summed E-state index contributed by atoms with van der Waals surface area (Å²) < 4.78 is 15.8. The zero-order valence-electron chi connectivity index (χ0n) is 15.4. The highest BCUT2D eigenvalue weighted by Gasteiger charge is 2.78. The van der Waals surface area contributed by atoms with Gasteiger partial charge in [-0.3, -0.25) is 9.59 Å². The molecule has 3 rings (SSSR count). The monoisotopic (exact) mass is 382 g/mol. The van der Waals surface area contributed by atoms with E-state index in [0.717, 1.165) is 0 Å². The highest BCUT2D eigenvalue weighted by Crippen LogP contribution is 2.69. The number of hydrogen-bond acceptors (Lipinski definition) is 4. The smallest absolute Gasteiger partial charge is 0.315 e. The fourth-order valence-electron chi connectivity index (χ4n) is 4.33. The van der Waals surface area contributed by atoms with Crippen LogP contribution in [0.5, 0.6) is 0 Å². The van der Waals surface area contributed by atoms with Crippen molar-refractivity contribution < 1.29 is 24.2 Å². The van der Waals surface area contributed by atoms with Gasteiger partial charge in [0.05, 0.1) is 16.7 Å². The lowest BCUT2D eigenvalue weighted by Crippen LogP contribution is -2.34. The minimum absolute atomic E-state index is 0.00997. The summed E-state index contributed by atoms with van der Waals surface area (Å²) in [7, 11) is 0. The fraction of sp³-hybridized carbons (Fsp3) is 0.286. The molecule has 0 aromatic heterocycles. The number of aliphatic carboxylic acids is 2. The highest BCUT2D eigenvalue weighted by atomic mass is 19.1. The Morgan fingerprint density at radius 2 is 1.86 bits per heavy atom. The van der Waals surface area contributed by atoms with E-state index in [-0.39, 0.29) is 35.2 Å². The van der Waals surface area contributed by atoms with Crippen LogP contribution in [0.15, 0.2) is 30.3 Å². The Morgan fingerprint density at radius 1 is 1.25 bits per heavy atom. The van der Waals surface area contributed by atoms with Gasteiger partial charge in [0.15, 0.2) is 0 Å². The maximum absolute atomic E-state index is 15.8. The van der Waals surface area contributed by atoms with E-state index in [1.807, 2.05) is 6.07 Å². The number of carboxylic acids is 2. The van der Waals surface area contributed by atoms with E-state index in [1.54, 1.807) is 37.3 Å². The molecule has 1 saturated carbocycles. The first-order valence-electron chi connectivity index (χ1n) is 8.74. The van der Waals surface area contributed by atoms with Gasteiger partial charge in [0.2, 0.25) is 0 Å². The molecule has 0 saturated heterocycles. The van der Waals surface area contributed by atoms with Crippen LogP contribution >= 0.6 is 0 Å². The Labute approximate surface area is 161 Å². The van der Waals surface area contributed by atoms with Crippen LogP contribution in [0.2, 0.25) is 0 Å². The lowest BCUT2D eigenvalue weighted by atomic mass is 9.79. The molecule has 0 amide bonds. The molecule has 1 aliphatic carbocycles. The molecular weight excluding hydrogens is 363 g/mol. The number of rotatable bonds is 5. The van der Waals surface area contributed by atoms with Crippen molar-refractivity contribution in [3.8, 4) is 17.2 Å². The number of halogens is 1. The van der Waals surface area contributed by atoms with Crippen molar-refractivity contribution in [3.63, 3.8) is 0 Å². The molecule has 0 heterocycles. The van der Waals surface area contributed by atoms with Crippen molar-refractivity contribution in [3.05, 3.63) is 52.8 Å². The van der Waals surface area contributed by atoms with Gasteiger partial charge in [-0.25, -0.2) is 4.39 Å². The lowest BCUT2D eigenvalue weighted by Gasteiger charge is -2.24. The summed E-state index contributed by atoms with van der Waals surface area (Å²) in [6.07, 6.45) is -0.297. The zero-order chi connectivity index (χ0) is 20.9. The average molecular weight is 382 g/mol. The van der Waals surface area contributed by atoms with Crippen LogP contribution in [0.3, 0.4) is 0 Å². The maximum Gasteiger partial charge on any atom is 0.315 e. The first-order valence-corrected chi connectivity index (χ1v) is 8.74. The number of benzene rings is 2. The maximum atomic E-state index is 15.8. The number of nitrogen functional groups attached to an aromatic ring is 1. The molecule has 0 bridgehead atoms. The second-order valence-corrected chi connectivity index (χ2v) is 7.08. The summed E-state index contributed by atoms with van der Waals surface area (Å²) in [6.45, 7) is 3.08. The van der Waals surface area contributed by atoms with Crippen molar-refractivity contribution in [1.82, 2.24) is 0 Å². The molecule has 0 radical (unpaired) electrons. The molecule has 144 valence electrons. The summed E-state index contributed by atoms with van der Waals surface area (Å²) in [4.78, 5) is 24.1. The molecule has 2 aromatic rings. The van der Waals surface area contributed by atoms with E-state index in [9.17, 15) is 25.1 Å². The molecule has 28 heavy (non-hydrogen) atoms. The molecule has 1 aliphatic rings. The van der Waals surface area contributed by atoms with E-state index >= 15 is 4.39 Å². The van der Waals surface area contributed by atoms with Gasteiger partial charge in [-0.1, -0.05) is 37.3 Å². The number of carboxylic acid groups (broad SMARTS) is 2. The summed E-state index contributed by atoms with van der Waals surface area (Å²) in [6, 6.07) is 10.3. The van der Waals surface area contributed by atoms with Gasteiger partial charge in [0.1, 0.15) is 17.3 Å². The second-order valence-electron chi connectivity index (χ2n) is 7.08. The van der Waals surface area contributed by atoms with Crippen molar-refractivity contribution in [1.29, 1.82) is 5.26 Å². The van der Waals surface area contributed by atoms with Gasteiger partial charge in [-0.15, -0.1) is 0 Å². The first kappa shape index (κ1) is 19.4. The van der Waals surface area contributed by atoms with Crippen LogP contribution in [0.4, 0.5) is 10.1 Å². The van der Waals surface area contributed by atoms with E-state index in [0.29, 0.717) is 5.56 Å². The minimum Gasteiger partial charge on any atom is -0.481 e. The predicted octanol–water partition coefficient (Wildman–Crippen LogP) is 3.46. The Hall–Kier alpha value is -3.40. The van der Waals surface area contributed by atoms with Gasteiger partial charge in [0, 0.05) is 11.1 Å². The third-order valence-electron chi connectivity index (χ3n) is 5.97. The van der Waals surface area contributed by atoms with Gasteiger partial charge in [-0.05, 0) is 30.9 Å². The normalized spacial score (nSPS) is 23.1. The van der Waals surface area contributed by atoms with Gasteiger partial charge >= 0.3 is 11.9 Å². The fourth-order valence-corrected chi connectivity index (χ4v) is 4.33. The number of anilines is 1. The molecule has 2 aromatic carbocycles. The first-order chi connectivity index (χ1) is 13.2. The zero-order valence-corrected chi connectivity index (χ0v) is 15.4. The van der Waals surface area contributed by atoms with Gasteiger partial charge in [-0.2, -0.15) is 5.26 Å². The third-order valence-corrected chi connectivity index (χ3v) is 5.97. The number of carbonyl (C=O) groups is 2. The Bertz CT molecular complexity index is 1040. The molecule has 0 spiro atoms. The number of nitriles is 1. The van der Waals surface area contributed by atoms with Crippen molar-refractivity contribution in [2.75, 3.05) is 5.73 Å². The Balaban J connectivity index is 2.45. The Kier molecular flexibility index (Phi) is 4.39. The number of nitrogens with two attached hydrogens (primary N) is 1. The molecule has 6 nitrogen and oxygen atoms in total. The topological polar surface area (TPSA) is 124 Å². The number of hydrogen-bond donors (Lipinski definition) is 3. The molecule has 2 atom stereocenters. The van der Waals surface area contributed by atoms with Crippen LogP contribution in [-0.4, -0.2) is 22.2 Å². The third kappa shape index (κ3) is 2.24. The van der Waals surface area contributed by atoms with Crippen LogP contribution in [-0.2, 0) is 15.0 Å². The molecular formula is C21H19FN2O4. The summed E-state index contributed by atoms with van der Waals surface area (Å²) in [5.74, 6) is -3.68. The standard InChI is InChI=1S/C21H19FN2O4/c1-3-20(18(25)26)10-21(20,19(27)28)15-16(22)14(12-7-5-4-6-8-12)11(2)13(9-23)17(15)24/h4-8H,3,10,24H2,1-2H3,(H,25,26)(H,27,28)/t20-,21+/m0/s1. The van der Waals surface area contributed by atoms with Crippen LogP contribution in [0.1, 0.15) is 36.5 Å². The molecule has 0 unspecified atom stereocenters. The molecule has 7 heteroatoms. The largest absolute Gasteiger partial charge is 0.481 e. The van der Waals surface area contributed by atoms with Crippen molar-refractivity contribution >= 4 is 17.6 Å². The minimum atomic E-state index is -2.02. The van der Waals surface area contributed by atoms with Gasteiger partial charge < -0.3 is 15.9 Å². The average Bonchev–Trinajstić information content (AvgIpc) is 3.35. The van der Waals surface area contributed by atoms with Crippen molar-refractivity contribution in [2.24, 2.45) is 5.41 Å². The van der Waals surface area contributed by atoms with E-state index in [2.05, 4.69) is 0 Å². The van der Waals surface area contributed by atoms with Crippen molar-refractivity contribution in [2.45, 2.75) is 32.1 Å². The molecule has 1 fully saturated rings. The van der Waals surface area contributed by atoms with Crippen LogP contribution in [0, 0.1) is 29.5 Å². The molecule has 0 aliphatic heterocycles. The lowest BCUT2D eigenvalue weighted by molar-refractivity contribution is -0.150. The second kappa shape index (κ2) is 6.34. The summed E-state index contributed by atoms with van der Waals surface area (Å²) in [5, 5.41) is 29.2. The quantitative estimate of drug-likeness (QED) is 0.680. The highest BCUT2D eigenvalue weighted by molar-refractivity contribution is 6.00. The number of nitrogens with zero attached hydrogens (tertiary/aromatic N) is 1. The van der Waals surface area contributed by atoms with Crippen LogP contribution < -0.4 is 5.73 Å². The Morgan fingerprint density at radius 3 is 2.29 bits per heavy atom. The summed E-state index contributed by atoms with van der Waals surface area (Å²) in [5.41, 5.74) is 2.39. The van der Waals surface area contributed by atoms with Crippen LogP contribution in [0.25, 0.3) is 11.1 Å². The predicted molar refractivity (Wildman–Crippen MR) is 100.0 cm³/mol. The summed E-state index contributed by atoms with van der Waals surface area (Å²) >= 11 is 0.